The zero-order chi connectivity index (χ0) is 18.8. The molecule has 0 N–H and O–H groups in total. The normalized spacial score (nSPS) is 12.3. The average molecular weight is 358 g/mol. The molecule has 0 aliphatic rings. The standard InChI is InChI=1S/C22H22N4O/c1-15-11-20(27-17(15)3)22-21(18-7-5-4-6-8-18)25-14-26(22)16(2)12-19-13-23-9-10-24-19/h4-11,13-14,16H,12H2,1-3H3. The summed E-state index contributed by atoms with van der Waals surface area (Å²) in [5.74, 6) is 1.77. The van der Waals surface area contributed by atoms with E-state index in [1.54, 1.807) is 12.4 Å². The third-order valence-electron chi connectivity index (χ3n) is 4.84. The molecule has 0 spiro atoms. The fourth-order valence-electron chi connectivity index (χ4n) is 3.27. The lowest BCUT2D eigenvalue weighted by Crippen LogP contribution is -2.10. The third kappa shape index (κ3) is 3.40. The van der Waals surface area contributed by atoms with Gasteiger partial charge >= 0.3 is 0 Å². The van der Waals surface area contributed by atoms with E-state index in [0.717, 1.165) is 46.2 Å². The number of aromatic nitrogens is 4. The van der Waals surface area contributed by atoms with Gasteiger partial charge in [-0.3, -0.25) is 9.97 Å². The van der Waals surface area contributed by atoms with Crippen molar-refractivity contribution >= 4 is 0 Å². The van der Waals surface area contributed by atoms with Gasteiger partial charge in [-0.2, -0.15) is 0 Å². The molecule has 136 valence electrons. The Kier molecular flexibility index (Phi) is 4.59. The van der Waals surface area contributed by atoms with E-state index >= 15 is 0 Å². The Balaban J connectivity index is 1.81. The first-order valence-corrected chi connectivity index (χ1v) is 9.08. The lowest BCUT2D eigenvalue weighted by atomic mass is 10.1. The molecule has 0 fully saturated rings. The molecule has 1 unspecified atom stereocenters. The van der Waals surface area contributed by atoms with Gasteiger partial charge in [0.25, 0.3) is 0 Å². The lowest BCUT2D eigenvalue weighted by Gasteiger charge is -2.16. The minimum Gasteiger partial charge on any atom is -0.459 e. The number of hydrogen-bond donors (Lipinski definition) is 0. The maximum absolute atomic E-state index is 6.07. The summed E-state index contributed by atoms with van der Waals surface area (Å²) < 4.78 is 8.25. The van der Waals surface area contributed by atoms with E-state index < -0.39 is 0 Å². The summed E-state index contributed by atoms with van der Waals surface area (Å²) in [5, 5.41) is 0. The molecule has 0 saturated heterocycles. The molecular weight excluding hydrogens is 336 g/mol. The van der Waals surface area contributed by atoms with E-state index in [1.165, 1.54) is 0 Å². The van der Waals surface area contributed by atoms with Gasteiger partial charge < -0.3 is 8.98 Å². The summed E-state index contributed by atoms with van der Waals surface area (Å²) in [4.78, 5) is 13.3. The molecule has 0 aliphatic heterocycles. The quantitative estimate of drug-likeness (QED) is 0.502. The molecule has 0 amide bonds. The van der Waals surface area contributed by atoms with Crippen molar-refractivity contribution in [3.63, 3.8) is 0 Å². The van der Waals surface area contributed by atoms with Gasteiger partial charge in [0, 0.05) is 36.6 Å². The predicted molar refractivity (Wildman–Crippen MR) is 105 cm³/mol. The fraction of sp³-hybridized carbons (Fsp3) is 0.227. The zero-order valence-electron chi connectivity index (χ0n) is 15.8. The highest BCUT2D eigenvalue weighted by Gasteiger charge is 2.22. The van der Waals surface area contributed by atoms with Crippen LogP contribution < -0.4 is 0 Å². The van der Waals surface area contributed by atoms with Gasteiger partial charge in [0.15, 0.2) is 5.76 Å². The first kappa shape index (κ1) is 17.2. The van der Waals surface area contributed by atoms with E-state index in [0.29, 0.717) is 0 Å². The monoisotopic (exact) mass is 358 g/mol. The van der Waals surface area contributed by atoms with Crippen LogP contribution in [0.2, 0.25) is 0 Å². The molecule has 0 radical (unpaired) electrons. The number of furan rings is 1. The Bertz CT molecular complexity index is 1020. The van der Waals surface area contributed by atoms with Gasteiger partial charge in [0.1, 0.15) is 11.5 Å². The second-order valence-corrected chi connectivity index (χ2v) is 6.81. The van der Waals surface area contributed by atoms with Crippen molar-refractivity contribution in [2.75, 3.05) is 0 Å². The van der Waals surface area contributed by atoms with Crippen LogP contribution in [0.3, 0.4) is 0 Å². The number of benzene rings is 1. The van der Waals surface area contributed by atoms with E-state index in [2.05, 4.69) is 46.6 Å². The van der Waals surface area contributed by atoms with Crippen LogP contribution in [0.15, 0.2) is 65.7 Å². The third-order valence-corrected chi connectivity index (χ3v) is 4.84. The Morgan fingerprint density at radius 2 is 1.89 bits per heavy atom. The van der Waals surface area contributed by atoms with Gasteiger partial charge in [0.2, 0.25) is 0 Å². The van der Waals surface area contributed by atoms with Crippen LogP contribution in [0.5, 0.6) is 0 Å². The van der Waals surface area contributed by atoms with E-state index in [-0.39, 0.29) is 6.04 Å². The molecule has 3 heterocycles. The van der Waals surface area contributed by atoms with Gasteiger partial charge in [-0.1, -0.05) is 30.3 Å². The zero-order valence-corrected chi connectivity index (χ0v) is 15.8. The van der Waals surface area contributed by atoms with Crippen LogP contribution in [0.1, 0.15) is 30.0 Å². The Labute approximate surface area is 158 Å². The fourth-order valence-corrected chi connectivity index (χ4v) is 3.27. The van der Waals surface area contributed by atoms with Crippen LogP contribution in [0, 0.1) is 13.8 Å². The van der Waals surface area contributed by atoms with E-state index in [1.807, 2.05) is 37.6 Å². The molecule has 4 aromatic rings. The van der Waals surface area contributed by atoms with Gasteiger partial charge in [-0.25, -0.2) is 4.98 Å². The molecule has 27 heavy (non-hydrogen) atoms. The molecule has 1 aromatic carbocycles. The summed E-state index contributed by atoms with van der Waals surface area (Å²) in [6.45, 7) is 6.22. The van der Waals surface area contributed by atoms with Crippen LogP contribution in [-0.4, -0.2) is 19.5 Å². The van der Waals surface area contributed by atoms with Crippen molar-refractivity contribution < 1.29 is 4.42 Å². The van der Waals surface area contributed by atoms with Crippen molar-refractivity contribution in [3.05, 3.63) is 78.3 Å². The lowest BCUT2D eigenvalue weighted by molar-refractivity contribution is 0.512. The van der Waals surface area contributed by atoms with Crippen molar-refractivity contribution in [3.8, 4) is 22.7 Å². The van der Waals surface area contributed by atoms with Crippen molar-refractivity contribution in [1.29, 1.82) is 0 Å². The summed E-state index contributed by atoms with van der Waals surface area (Å²) in [6.07, 6.45) is 7.90. The van der Waals surface area contributed by atoms with Crippen molar-refractivity contribution in [2.45, 2.75) is 33.2 Å². The van der Waals surface area contributed by atoms with Gasteiger partial charge in [-0.05, 0) is 32.4 Å². The number of nitrogens with zero attached hydrogens (tertiary/aromatic N) is 4. The van der Waals surface area contributed by atoms with E-state index in [4.69, 9.17) is 9.40 Å². The maximum Gasteiger partial charge on any atom is 0.153 e. The highest BCUT2D eigenvalue weighted by Crippen LogP contribution is 2.35. The summed E-state index contributed by atoms with van der Waals surface area (Å²) in [5.41, 5.74) is 5.09. The van der Waals surface area contributed by atoms with Crippen LogP contribution in [-0.2, 0) is 6.42 Å². The van der Waals surface area contributed by atoms with Crippen molar-refractivity contribution in [2.24, 2.45) is 0 Å². The number of rotatable bonds is 5. The Hall–Kier alpha value is -3.21. The van der Waals surface area contributed by atoms with Crippen molar-refractivity contribution in [1.82, 2.24) is 19.5 Å². The molecule has 0 aliphatic carbocycles. The molecule has 5 heteroatoms. The number of hydrogen-bond acceptors (Lipinski definition) is 4. The number of aryl methyl sites for hydroxylation is 2. The average Bonchev–Trinajstić information content (AvgIpc) is 3.27. The smallest absolute Gasteiger partial charge is 0.153 e. The molecule has 0 saturated carbocycles. The minimum absolute atomic E-state index is 0.160. The topological polar surface area (TPSA) is 56.7 Å². The number of imidazole rings is 1. The summed E-state index contributed by atoms with van der Waals surface area (Å²) in [6, 6.07) is 12.5. The van der Waals surface area contributed by atoms with E-state index in [9.17, 15) is 0 Å². The minimum atomic E-state index is 0.160. The maximum atomic E-state index is 6.07. The molecule has 1 atom stereocenters. The molecule has 5 nitrogen and oxygen atoms in total. The SMILES string of the molecule is Cc1cc(-c2c(-c3ccccc3)ncn2C(C)Cc2cnccn2)oc1C. The Morgan fingerprint density at radius 3 is 2.56 bits per heavy atom. The van der Waals surface area contributed by atoms with Crippen LogP contribution >= 0.6 is 0 Å². The highest BCUT2D eigenvalue weighted by molar-refractivity contribution is 5.76. The van der Waals surface area contributed by atoms with Gasteiger partial charge in [0.05, 0.1) is 17.7 Å². The second kappa shape index (κ2) is 7.19. The highest BCUT2D eigenvalue weighted by atomic mass is 16.3. The molecular formula is C22H22N4O. The van der Waals surface area contributed by atoms with Crippen LogP contribution in [0.4, 0.5) is 0 Å². The predicted octanol–water partition coefficient (Wildman–Crippen LogP) is 5.02. The first-order valence-electron chi connectivity index (χ1n) is 9.08. The molecule has 4 rings (SSSR count). The van der Waals surface area contributed by atoms with Crippen LogP contribution in [0.25, 0.3) is 22.7 Å². The molecule has 3 aromatic heterocycles. The Morgan fingerprint density at radius 1 is 1.07 bits per heavy atom. The summed E-state index contributed by atoms with van der Waals surface area (Å²) in [7, 11) is 0. The molecule has 0 bridgehead atoms. The van der Waals surface area contributed by atoms with Gasteiger partial charge in [-0.15, -0.1) is 0 Å². The first-order chi connectivity index (χ1) is 13.1. The summed E-state index contributed by atoms with van der Waals surface area (Å²) >= 11 is 0. The largest absolute Gasteiger partial charge is 0.459 e. The second-order valence-electron chi connectivity index (χ2n) is 6.81.